The first-order valence-electron chi connectivity index (χ1n) is 7.45. The number of rotatable bonds is 4. The number of piperazine rings is 1. The molecule has 152 valence electrons. The van der Waals surface area contributed by atoms with Crippen LogP contribution in [0.2, 0.25) is 0 Å². The predicted octanol–water partition coefficient (Wildman–Crippen LogP) is 4.98. The van der Waals surface area contributed by atoms with Gasteiger partial charge in [0.1, 0.15) is 5.82 Å². The summed E-state index contributed by atoms with van der Waals surface area (Å²) in [6.45, 7) is 1.81. The molecule has 0 spiro atoms. The van der Waals surface area contributed by atoms with Crippen LogP contribution in [0, 0.1) is 5.82 Å². The van der Waals surface area contributed by atoms with Crippen molar-refractivity contribution in [2.75, 3.05) is 26.2 Å². The number of halogens is 9. The van der Waals surface area contributed by atoms with Crippen molar-refractivity contribution in [1.82, 2.24) is 10.2 Å². The highest BCUT2D eigenvalue weighted by molar-refractivity contribution is 5.85. The van der Waals surface area contributed by atoms with E-state index in [-0.39, 0.29) is 30.4 Å². The van der Waals surface area contributed by atoms with Crippen LogP contribution in [-0.4, -0.2) is 37.3 Å². The van der Waals surface area contributed by atoms with Crippen molar-refractivity contribution >= 4 is 24.8 Å². The highest BCUT2D eigenvalue weighted by Crippen LogP contribution is 2.36. The number of nitrogens with zero attached hydrogens (tertiary/aromatic N) is 1. The van der Waals surface area contributed by atoms with E-state index >= 15 is 0 Å². The summed E-state index contributed by atoms with van der Waals surface area (Å²) in [5.41, 5.74) is -1.27. The third kappa shape index (κ3) is 7.46. The number of benzene rings is 1. The molecule has 1 heterocycles. The average molecular weight is 431 g/mol. The predicted molar refractivity (Wildman–Crippen MR) is 88.4 cm³/mol. The number of alkyl halides is 6. The Balaban J connectivity index is 0.00000312. The second kappa shape index (κ2) is 9.96. The maximum Gasteiger partial charge on any atom is 0.416 e. The second-order valence-corrected chi connectivity index (χ2v) is 5.73. The van der Waals surface area contributed by atoms with E-state index in [1.807, 2.05) is 0 Å². The third-order valence-corrected chi connectivity index (χ3v) is 3.93. The summed E-state index contributed by atoms with van der Waals surface area (Å²) in [5, 5.41) is 3.02. The van der Waals surface area contributed by atoms with Crippen molar-refractivity contribution in [1.29, 1.82) is 0 Å². The summed E-state index contributed by atoms with van der Waals surface area (Å²) in [6.07, 6.45) is -10.7. The van der Waals surface area contributed by atoms with E-state index in [1.165, 1.54) is 0 Å². The van der Waals surface area contributed by atoms with Gasteiger partial charge in [0.05, 0.1) is 5.56 Å². The SMILES string of the molecule is Cl.Cl.Fc1cc([C@H](CCC(F)(F)F)N2CCNCC2)cc(C(F)(F)F)c1. The number of nitrogens with one attached hydrogen (secondary N) is 1. The van der Waals surface area contributed by atoms with Crippen molar-refractivity contribution in [2.45, 2.75) is 31.2 Å². The second-order valence-electron chi connectivity index (χ2n) is 5.73. The van der Waals surface area contributed by atoms with Gasteiger partial charge in [-0.15, -0.1) is 24.8 Å². The lowest BCUT2D eigenvalue weighted by molar-refractivity contribution is -0.140. The van der Waals surface area contributed by atoms with Gasteiger partial charge in [-0.1, -0.05) is 0 Å². The molecule has 0 saturated carbocycles. The molecule has 2 nitrogen and oxygen atoms in total. The topological polar surface area (TPSA) is 15.3 Å². The van der Waals surface area contributed by atoms with Gasteiger partial charge in [0.2, 0.25) is 0 Å². The molecular weight excluding hydrogens is 412 g/mol. The Kier molecular flexibility index (Phi) is 9.67. The van der Waals surface area contributed by atoms with Gasteiger partial charge in [0.25, 0.3) is 0 Å². The standard InChI is InChI=1S/C15H17F7N2.2ClH/c16-12-8-10(7-11(9-12)15(20,21)22)13(1-2-14(17,18)19)24-5-3-23-4-6-24;;/h7-9,13,23H,1-6H2;2*1H/t13-;;/m0../s1. The number of hydrogen-bond donors (Lipinski definition) is 1. The van der Waals surface area contributed by atoms with Crippen molar-refractivity contribution < 1.29 is 30.7 Å². The van der Waals surface area contributed by atoms with Gasteiger partial charge in [0.15, 0.2) is 0 Å². The molecule has 0 amide bonds. The highest BCUT2D eigenvalue weighted by Gasteiger charge is 2.35. The number of hydrogen-bond acceptors (Lipinski definition) is 2. The van der Waals surface area contributed by atoms with Gasteiger partial charge < -0.3 is 5.32 Å². The monoisotopic (exact) mass is 430 g/mol. The van der Waals surface area contributed by atoms with Crippen molar-refractivity contribution in [2.24, 2.45) is 0 Å². The fraction of sp³-hybridized carbons (Fsp3) is 0.600. The summed E-state index contributed by atoms with van der Waals surface area (Å²) in [7, 11) is 0. The van der Waals surface area contributed by atoms with Crippen molar-refractivity contribution in [3.63, 3.8) is 0 Å². The molecule has 2 rings (SSSR count). The van der Waals surface area contributed by atoms with E-state index < -0.39 is 42.6 Å². The van der Waals surface area contributed by atoms with Crippen LogP contribution in [0.15, 0.2) is 18.2 Å². The molecule has 1 aromatic rings. The molecule has 11 heteroatoms. The first kappa shape index (κ1) is 25.2. The molecule has 1 N–H and O–H groups in total. The van der Waals surface area contributed by atoms with Crippen molar-refractivity contribution in [3.8, 4) is 0 Å². The minimum absolute atomic E-state index is 0. The maximum absolute atomic E-state index is 13.6. The minimum atomic E-state index is -4.76. The van der Waals surface area contributed by atoms with Crippen LogP contribution in [0.25, 0.3) is 0 Å². The molecule has 1 fully saturated rings. The quantitative estimate of drug-likeness (QED) is 0.677. The Morgan fingerprint density at radius 1 is 0.962 bits per heavy atom. The largest absolute Gasteiger partial charge is 0.416 e. The fourth-order valence-corrected chi connectivity index (χ4v) is 2.82. The summed E-state index contributed by atoms with van der Waals surface area (Å²) < 4.78 is 89.9. The smallest absolute Gasteiger partial charge is 0.314 e. The van der Waals surface area contributed by atoms with Gasteiger partial charge >= 0.3 is 12.4 Å². The molecule has 0 bridgehead atoms. The zero-order chi connectivity index (χ0) is 18.0. The maximum atomic E-state index is 13.6. The Bertz CT molecular complexity index is 558. The third-order valence-electron chi connectivity index (χ3n) is 3.93. The van der Waals surface area contributed by atoms with Crippen LogP contribution < -0.4 is 5.32 Å². The van der Waals surface area contributed by atoms with Crippen LogP contribution in [0.1, 0.15) is 30.0 Å². The Morgan fingerprint density at radius 2 is 1.54 bits per heavy atom. The van der Waals surface area contributed by atoms with E-state index in [0.717, 1.165) is 12.1 Å². The summed E-state index contributed by atoms with van der Waals surface area (Å²) in [4.78, 5) is 1.66. The van der Waals surface area contributed by atoms with E-state index in [0.29, 0.717) is 32.2 Å². The molecule has 26 heavy (non-hydrogen) atoms. The Morgan fingerprint density at radius 3 is 2.04 bits per heavy atom. The summed E-state index contributed by atoms with van der Waals surface area (Å²) >= 11 is 0. The lowest BCUT2D eigenvalue weighted by Crippen LogP contribution is -2.45. The van der Waals surface area contributed by atoms with E-state index in [2.05, 4.69) is 5.32 Å². The zero-order valence-electron chi connectivity index (χ0n) is 13.5. The van der Waals surface area contributed by atoms with E-state index in [1.54, 1.807) is 4.90 Å². The summed E-state index contributed by atoms with van der Waals surface area (Å²) in [6, 6.07) is 1.07. The molecule has 1 aliphatic rings. The fourth-order valence-electron chi connectivity index (χ4n) is 2.82. The molecule has 1 saturated heterocycles. The van der Waals surface area contributed by atoms with Crippen LogP contribution in [0.5, 0.6) is 0 Å². The molecule has 0 aliphatic carbocycles. The first-order chi connectivity index (χ1) is 11.1. The van der Waals surface area contributed by atoms with Crippen molar-refractivity contribution in [3.05, 3.63) is 35.1 Å². The van der Waals surface area contributed by atoms with Gasteiger partial charge in [0, 0.05) is 38.6 Å². The zero-order valence-corrected chi connectivity index (χ0v) is 15.1. The van der Waals surface area contributed by atoms with Crippen LogP contribution in [-0.2, 0) is 6.18 Å². The molecule has 1 aromatic carbocycles. The van der Waals surface area contributed by atoms with Crippen LogP contribution in [0.4, 0.5) is 30.7 Å². The molecule has 0 unspecified atom stereocenters. The van der Waals surface area contributed by atoms with Gasteiger partial charge in [-0.2, -0.15) is 26.3 Å². The highest BCUT2D eigenvalue weighted by atomic mass is 35.5. The van der Waals surface area contributed by atoms with E-state index in [9.17, 15) is 30.7 Å². The first-order valence-corrected chi connectivity index (χ1v) is 7.45. The van der Waals surface area contributed by atoms with Gasteiger partial charge in [-0.3, -0.25) is 4.90 Å². The average Bonchev–Trinajstić information content (AvgIpc) is 2.46. The lowest BCUT2D eigenvalue weighted by Gasteiger charge is -2.35. The molecule has 0 radical (unpaired) electrons. The molecule has 1 aliphatic heterocycles. The van der Waals surface area contributed by atoms with E-state index in [4.69, 9.17) is 0 Å². The Hall–Kier alpha value is -0.770. The minimum Gasteiger partial charge on any atom is -0.314 e. The molecular formula is C15H19Cl2F7N2. The normalized spacial score (nSPS) is 17.2. The van der Waals surface area contributed by atoms with Crippen LogP contribution >= 0.6 is 24.8 Å². The lowest BCUT2D eigenvalue weighted by atomic mass is 9.97. The van der Waals surface area contributed by atoms with Crippen LogP contribution in [0.3, 0.4) is 0 Å². The van der Waals surface area contributed by atoms with Gasteiger partial charge in [-0.05, 0) is 30.2 Å². The molecule has 1 atom stereocenters. The summed E-state index contributed by atoms with van der Waals surface area (Å²) in [5.74, 6) is -1.10. The Labute approximate surface area is 158 Å². The molecule has 0 aromatic heterocycles. The van der Waals surface area contributed by atoms with Gasteiger partial charge in [-0.25, -0.2) is 4.39 Å².